The maximum absolute atomic E-state index is 11.2. The third-order valence-corrected chi connectivity index (χ3v) is 2.90. The van der Waals surface area contributed by atoms with Gasteiger partial charge in [0, 0.05) is 6.54 Å². The number of benzene rings is 1. The van der Waals surface area contributed by atoms with E-state index in [-0.39, 0.29) is 5.91 Å². The summed E-state index contributed by atoms with van der Waals surface area (Å²) in [5.41, 5.74) is 7.23. The van der Waals surface area contributed by atoms with Crippen LogP contribution in [0, 0.1) is 13.8 Å². The van der Waals surface area contributed by atoms with Crippen molar-refractivity contribution >= 4 is 5.91 Å². The van der Waals surface area contributed by atoms with Gasteiger partial charge in [-0.25, -0.2) is 0 Å². The Hall–Kier alpha value is -1.55. The average molecular weight is 236 g/mol. The fourth-order valence-electron chi connectivity index (χ4n) is 1.56. The van der Waals surface area contributed by atoms with Gasteiger partial charge in [-0.1, -0.05) is 12.1 Å². The van der Waals surface area contributed by atoms with E-state index in [2.05, 4.69) is 5.32 Å². The van der Waals surface area contributed by atoms with E-state index >= 15 is 0 Å². The number of rotatable bonds is 4. The first-order valence-corrected chi connectivity index (χ1v) is 5.58. The number of carbonyl (C=O) groups is 1. The van der Waals surface area contributed by atoms with E-state index in [0.717, 1.165) is 16.7 Å². The van der Waals surface area contributed by atoms with Gasteiger partial charge in [0.05, 0.1) is 5.54 Å². The van der Waals surface area contributed by atoms with Gasteiger partial charge in [-0.2, -0.15) is 0 Å². The summed E-state index contributed by atoms with van der Waals surface area (Å²) in [5, 5.41) is 12.7. The molecule has 0 aliphatic rings. The molecule has 0 saturated carbocycles. The third-order valence-electron chi connectivity index (χ3n) is 2.90. The summed E-state index contributed by atoms with van der Waals surface area (Å²) in [6.45, 7) is 7.74. The number of phenolic OH excluding ortho intramolecular Hbond substituents is 1. The van der Waals surface area contributed by atoms with Gasteiger partial charge in [0.1, 0.15) is 5.75 Å². The summed E-state index contributed by atoms with van der Waals surface area (Å²) < 4.78 is 0. The minimum absolute atomic E-state index is 0.322. The highest BCUT2D eigenvalue weighted by Crippen LogP contribution is 2.23. The first-order chi connectivity index (χ1) is 7.74. The molecule has 1 aromatic rings. The molecular weight excluding hydrogens is 216 g/mol. The van der Waals surface area contributed by atoms with Crippen molar-refractivity contribution in [2.45, 2.75) is 39.8 Å². The predicted octanol–water partition coefficient (Wildman–Crippen LogP) is 1.36. The fourth-order valence-corrected chi connectivity index (χ4v) is 1.56. The Bertz CT molecular complexity index is 416. The van der Waals surface area contributed by atoms with Crippen molar-refractivity contribution in [2.24, 2.45) is 5.73 Å². The largest absolute Gasteiger partial charge is 0.507 e. The van der Waals surface area contributed by atoms with Crippen LogP contribution in [0.4, 0.5) is 0 Å². The smallest absolute Gasteiger partial charge is 0.237 e. The summed E-state index contributed by atoms with van der Waals surface area (Å²) in [5.74, 6) is -0.0624. The van der Waals surface area contributed by atoms with Gasteiger partial charge in [0.25, 0.3) is 0 Å². The number of primary amides is 1. The van der Waals surface area contributed by atoms with Gasteiger partial charge >= 0.3 is 0 Å². The fraction of sp³-hybridized carbons (Fsp3) is 0.462. The van der Waals surface area contributed by atoms with Crippen LogP contribution in [0.25, 0.3) is 0 Å². The first kappa shape index (κ1) is 13.5. The van der Waals surface area contributed by atoms with E-state index in [0.29, 0.717) is 12.3 Å². The number of nitrogens with one attached hydrogen (secondary N) is 1. The summed E-state index contributed by atoms with van der Waals surface area (Å²) in [6, 6.07) is 3.79. The maximum Gasteiger partial charge on any atom is 0.237 e. The van der Waals surface area contributed by atoms with E-state index in [1.165, 1.54) is 0 Å². The quantitative estimate of drug-likeness (QED) is 0.739. The summed E-state index contributed by atoms with van der Waals surface area (Å²) in [7, 11) is 0. The first-order valence-electron chi connectivity index (χ1n) is 5.58. The van der Waals surface area contributed by atoms with Crippen LogP contribution in [0.2, 0.25) is 0 Å². The van der Waals surface area contributed by atoms with Crippen LogP contribution < -0.4 is 11.1 Å². The average Bonchev–Trinajstić information content (AvgIpc) is 2.22. The number of nitrogens with two attached hydrogens (primary N) is 1. The summed E-state index contributed by atoms with van der Waals surface area (Å²) in [6.07, 6.45) is 0. The minimum atomic E-state index is -0.736. The normalized spacial score (nSPS) is 11.5. The standard InChI is InChI=1S/C13H20N2O2/c1-8-5-10(6-9(2)11(8)16)7-15-13(3,4)12(14)17/h5-6,15-16H,7H2,1-4H3,(H2,14,17). The Morgan fingerprint density at radius 1 is 1.35 bits per heavy atom. The Balaban J connectivity index is 2.81. The van der Waals surface area contributed by atoms with Crippen LogP contribution in [0.3, 0.4) is 0 Å². The summed E-state index contributed by atoms with van der Waals surface area (Å²) in [4.78, 5) is 11.2. The molecule has 1 aromatic carbocycles. The van der Waals surface area contributed by atoms with E-state index < -0.39 is 5.54 Å². The Morgan fingerprint density at radius 3 is 2.24 bits per heavy atom. The van der Waals surface area contributed by atoms with Gasteiger partial charge in [0.2, 0.25) is 5.91 Å². The predicted molar refractivity (Wildman–Crippen MR) is 67.7 cm³/mol. The van der Waals surface area contributed by atoms with Crippen molar-refractivity contribution < 1.29 is 9.90 Å². The molecule has 1 rings (SSSR count). The van der Waals surface area contributed by atoms with Crippen LogP contribution in [0.5, 0.6) is 5.75 Å². The summed E-state index contributed by atoms with van der Waals surface area (Å²) >= 11 is 0. The molecule has 4 N–H and O–H groups in total. The van der Waals surface area contributed by atoms with Crippen LogP contribution in [-0.4, -0.2) is 16.6 Å². The van der Waals surface area contributed by atoms with E-state index in [1.54, 1.807) is 13.8 Å². The lowest BCUT2D eigenvalue weighted by molar-refractivity contribution is -0.123. The number of phenols is 1. The molecule has 0 heterocycles. The highest BCUT2D eigenvalue weighted by atomic mass is 16.3. The molecule has 4 nitrogen and oxygen atoms in total. The van der Waals surface area contributed by atoms with Crippen LogP contribution in [0.1, 0.15) is 30.5 Å². The van der Waals surface area contributed by atoms with Crippen LogP contribution >= 0.6 is 0 Å². The second-order valence-corrected chi connectivity index (χ2v) is 4.92. The SMILES string of the molecule is Cc1cc(CNC(C)(C)C(N)=O)cc(C)c1O. The monoisotopic (exact) mass is 236 g/mol. The van der Waals surface area contributed by atoms with E-state index in [1.807, 2.05) is 26.0 Å². The van der Waals surface area contributed by atoms with Crippen LogP contribution in [-0.2, 0) is 11.3 Å². The third kappa shape index (κ3) is 3.20. The van der Waals surface area contributed by atoms with E-state index in [4.69, 9.17) is 5.73 Å². The number of amides is 1. The van der Waals surface area contributed by atoms with Crippen molar-refractivity contribution in [3.8, 4) is 5.75 Å². The molecule has 0 aromatic heterocycles. The second-order valence-electron chi connectivity index (χ2n) is 4.92. The minimum Gasteiger partial charge on any atom is -0.507 e. The van der Waals surface area contributed by atoms with Gasteiger partial charge in [0.15, 0.2) is 0 Å². The Morgan fingerprint density at radius 2 is 1.82 bits per heavy atom. The molecule has 0 bridgehead atoms. The number of carbonyl (C=O) groups excluding carboxylic acids is 1. The van der Waals surface area contributed by atoms with E-state index in [9.17, 15) is 9.90 Å². The molecule has 4 heteroatoms. The van der Waals surface area contributed by atoms with Gasteiger partial charge < -0.3 is 10.8 Å². The zero-order chi connectivity index (χ0) is 13.2. The molecule has 0 spiro atoms. The number of hydrogen-bond donors (Lipinski definition) is 3. The zero-order valence-corrected chi connectivity index (χ0v) is 10.8. The molecular formula is C13H20N2O2. The number of aryl methyl sites for hydroxylation is 2. The maximum atomic E-state index is 11.2. The molecule has 0 atom stereocenters. The molecule has 17 heavy (non-hydrogen) atoms. The molecule has 0 unspecified atom stereocenters. The lowest BCUT2D eigenvalue weighted by atomic mass is 10.0. The van der Waals surface area contributed by atoms with Crippen molar-refractivity contribution in [3.63, 3.8) is 0 Å². The lowest BCUT2D eigenvalue weighted by Gasteiger charge is -2.22. The van der Waals surface area contributed by atoms with Gasteiger partial charge in [-0.15, -0.1) is 0 Å². The molecule has 0 aliphatic carbocycles. The molecule has 0 radical (unpaired) electrons. The molecule has 1 amide bonds. The van der Waals surface area contributed by atoms with Crippen molar-refractivity contribution in [1.82, 2.24) is 5.32 Å². The van der Waals surface area contributed by atoms with Crippen LogP contribution in [0.15, 0.2) is 12.1 Å². The Labute approximate surface area is 102 Å². The number of hydrogen-bond acceptors (Lipinski definition) is 3. The molecule has 0 aliphatic heterocycles. The van der Waals surface area contributed by atoms with Gasteiger partial charge in [-0.3, -0.25) is 10.1 Å². The number of aromatic hydroxyl groups is 1. The van der Waals surface area contributed by atoms with Crippen molar-refractivity contribution in [2.75, 3.05) is 0 Å². The Kier molecular flexibility index (Phi) is 3.78. The lowest BCUT2D eigenvalue weighted by Crippen LogP contribution is -2.50. The van der Waals surface area contributed by atoms with Gasteiger partial charge in [-0.05, 0) is 44.4 Å². The molecule has 0 saturated heterocycles. The molecule has 0 fully saturated rings. The zero-order valence-electron chi connectivity index (χ0n) is 10.8. The van der Waals surface area contributed by atoms with Crippen molar-refractivity contribution in [1.29, 1.82) is 0 Å². The highest BCUT2D eigenvalue weighted by molar-refractivity contribution is 5.83. The highest BCUT2D eigenvalue weighted by Gasteiger charge is 2.23. The molecule has 94 valence electrons. The second kappa shape index (κ2) is 4.75. The topological polar surface area (TPSA) is 75.3 Å². The van der Waals surface area contributed by atoms with Crippen molar-refractivity contribution in [3.05, 3.63) is 28.8 Å².